The number of benzene rings is 1. The molecule has 4 aromatic rings. The van der Waals surface area contributed by atoms with Crippen molar-refractivity contribution in [2.24, 2.45) is 4.99 Å². The summed E-state index contributed by atoms with van der Waals surface area (Å²) in [6.07, 6.45) is 1.65. The second-order valence-corrected chi connectivity index (χ2v) is 9.48. The number of rotatable bonds is 6. The number of nitrogens with one attached hydrogen (secondary N) is 2. The predicted molar refractivity (Wildman–Crippen MR) is 152 cm³/mol. The molecule has 6 rings (SSSR count). The lowest BCUT2D eigenvalue weighted by Crippen LogP contribution is -2.32. The van der Waals surface area contributed by atoms with Gasteiger partial charge in [0.05, 0.1) is 19.2 Å². The predicted octanol–water partition coefficient (Wildman–Crippen LogP) is 5.37. The number of hydrogen-bond acceptors (Lipinski definition) is 9. The summed E-state index contributed by atoms with van der Waals surface area (Å²) in [6.45, 7) is 3.10. The van der Waals surface area contributed by atoms with Crippen LogP contribution in [0.25, 0.3) is 11.6 Å². The average molecular weight is 573 g/mol. The van der Waals surface area contributed by atoms with Crippen LogP contribution in [0, 0.1) is 6.92 Å². The summed E-state index contributed by atoms with van der Waals surface area (Å²) in [4.78, 5) is 36.8. The third-order valence-electron chi connectivity index (χ3n) is 6.75. The Kier molecular flexibility index (Phi) is 6.77. The van der Waals surface area contributed by atoms with E-state index in [0.717, 1.165) is 46.4 Å². The number of amides is 1. The van der Waals surface area contributed by atoms with Crippen molar-refractivity contribution in [2.45, 2.75) is 13.1 Å². The van der Waals surface area contributed by atoms with Gasteiger partial charge in [0.2, 0.25) is 11.8 Å². The molecule has 0 saturated carbocycles. The first-order valence-electron chi connectivity index (χ1n) is 12.8. The number of carbonyl (C=O) groups is 1. The first-order valence-corrected chi connectivity index (χ1v) is 12.8. The van der Waals surface area contributed by atoms with E-state index in [1.54, 1.807) is 30.6 Å². The van der Waals surface area contributed by atoms with Crippen molar-refractivity contribution in [3.05, 3.63) is 89.0 Å². The number of carbonyl (C=O) groups excluding carboxylic acids is 1. The Labute approximate surface area is 238 Å². The molecule has 1 amide bonds. The molecule has 3 aromatic heterocycles. The maximum absolute atomic E-state index is 13.1. The number of fused-ring (bicyclic) bond motifs is 3. The quantitative estimate of drug-likeness (QED) is 0.317. The van der Waals surface area contributed by atoms with E-state index in [-0.39, 0.29) is 5.69 Å². The highest BCUT2D eigenvalue weighted by molar-refractivity contribution is 6.36. The lowest BCUT2D eigenvalue weighted by atomic mass is 9.94. The molecule has 1 aromatic carbocycles. The summed E-state index contributed by atoms with van der Waals surface area (Å²) < 4.78 is 44.7. The van der Waals surface area contributed by atoms with Gasteiger partial charge in [0.1, 0.15) is 23.0 Å². The van der Waals surface area contributed by atoms with Crippen LogP contribution in [0.2, 0.25) is 0 Å². The largest absolute Gasteiger partial charge is 0.480 e. The van der Waals surface area contributed by atoms with E-state index in [0.29, 0.717) is 42.1 Å². The van der Waals surface area contributed by atoms with Crippen molar-refractivity contribution < 1.29 is 22.7 Å². The van der Waals surface area contributed by atoms with E-state index < -0.39 is 17.6 Å². The van der Waals surface area contributed by atoms with Crippen LogP contribution in [0.15, 0.2) is 66.0 Å². The van der Waals surface area contributed by atoms with E-state index in [9.17, 15) is 18.0 Å². The van der Waals surface area contributed by atoms with Crippen LogP contribution < -0.4 is 20.3 Å². The Morgan fingerprint density at radius 3 is 2.74 bits per heavy atom. The normalized spacial score (nSPS) is 14.0. The molecule has 2 aliphatic heterocycles. The molecule has 0 saturated heterocycles. The summed E-state index contributed by atoms with van der Waals surface area (Å²) in [5.41, 5.74) is 3.03. The van der Waals surface area contributed by atoms with Crippen LogP contribution in [0.5, 0.6) is 5.88 Å². The molecule has 0 radical (unpaired) electrons. The zero-order valence-corrected chi connectivity index (χ0v) is 22.4. The number of pyridine rings is 2. The molecule has 0 aliphatic carbocycles. The van der Waals surface area contributed by atoms with Crippen LogP contribution in [0.1, 0.15) is 32.7 Å². The monoisotopic (exact) mass is 572 g/mol. The number of amidine groups is 1. The molecule has 0 bridgehead atoms. The van der Waals surface area contributed by atoms with Gasteiger partial charge in [0.15, 0.2) is 0 Å². The van der Waals surface area contributed by atoms with Gasteiger partial charge in [-0.1, -0.05) is 6.07 Å². The second-order valence-electron chi connectivity index (χ2n) is 9.48. The van der Waals surface area contributed by atoms with Crippen molar-refractivity contribution in [2.75, 3.05) is 35.7 Å². The van der Waals surface area contributed by atoms with Gasteiger partial charge in [-0.25, -0.2) is 9.97 Å². The van der Waals surface area contributed by atoms with Gasteiger partial charge in [-0.3, -0.25) is 14.8 Å². The smallest absolute Gasteiger partial charge is 0.416 e. The number of halogens is 3. The van der Waals surface area contributed by atoms with Gasteiger partial charge >= 0.3 is 6.18 Å². The molecule has 212 valence electrons. The van der Waals surface area contributed by atoms with Gasteiger partial charge < -0.3 is 20.3 Å². The topological polar surface area (TPSA) is 118 Å². The average Bonchev–Trinajstić information content (AvgIpc) is 3.48. The SMILES string of the molecule is COc1ncccc1Nc1ncc2c(n1)N1CCN=C1C(c1cc(NC(=O)c3cc(C(F)(F)F)ccn3)ccc1C)=C2. The minimum Gasteiger partial charge on any atom is -0.480 e. The van der Waals surface area contributed by atoms with Crippen molar-refractivity contribution in [3.63, 3.8) is 0 Å². The Morgan fingerprint density at radius 2 is 1.93 bits per heavy atom. The second kappa shape index (κ2) is 10.6. The zero-order chi connectivity index (χ0) is 29.4. The Morgan fingerprint density at radius 1 is 1.07 bits per heavy atom. The first-order chi connectivity index (χ1) is 20.2. The molecule has 2 aliphatic rings. The van der Waals surface area contributed by atoms with Crippen molar-refractivity contribution >= 4 is 46.5 Å². The number of aryl methyl sites for hydroxylation is 1. The van der Waals surface area contributed by atoms with Crippen LogP contribution >= 0.6 is 0 Å². The number of methoxy groups -OCH3 is 1. The van der Waals surface area contributed by atoms with Gasteiger partial charge in [-0.15, -0.1) is 0 Å². The van der Waals surface area contributed by atoms with Gasteiger partial charge in [-0.2, -0.15) is 18.2 Å². The number of ether oxygens (including phenoxy) is 1. The van der Waals surface area contributed by atoms with Gasteiger partial charge in [0.25, 0.3) is 5.91 Å². The summed E-state index contributed by atoms with van der Waals surface area (Å²) in [6, 6.07) is 10.4. The van der Waals surface area contributed by atoms with Crippen molar-refractivity contribution in [1.29, 1.82) is 0 Å². The van der Waals surface area contributed by atoms with Crippen LogP contribution in [0.3, 0.4) is 0 Å². The lowest BCUT2D eigenvalue weighted by Gasteiger charge is -2.28. The highest BCUT2D eigenvalue weighted by Gasteiger charge is 2.32. The maximum atomic E-state index is 13.1. The molecule has 5 heterocycles. The molecule has 10 nitrogen and oxygen atoms in total. The highest BCUT2D eigenvalue weighted by Crippen LogP contribution is 2.37. The molecular formula is C29H23F3N8O2. The molecular weight excluding hydrogens is 549 g/mol. The van der Waals surface area contributed by atoms with E-state index >= 15 is 0 Å². The minimum atomic E-state index is -4.58. The van der Waals surface area contributed by atoms with Crippen LogP contribution in [0.4, 0.5) is 36.3 Å². The van der Waals surface area contributed by atoms with E-state index in [2.05, 4.69) is 25.6 Å². The molecule has 42 heavy (non-hydrogen) atoms. The molecule has 0 fully saturated rings. The summed E-state index contributed by atoms with van der Waals surface area (Å²) >= 11 is 0. The number of hydrogen-bond donors (Lipinski definition) is 2. The summed E-state index contributed by atoms with van der Waals surface area (Å²) in [5, 5.41) is 5.82. The molecule has 0 unspecified atom stereocenters. The van der Waals surface area contributed by atoms with Crippen molar-refractivity contribution in [3.8, 4) is 5.88 Å². The maximum Gasteiger partial charge on any atom is 0.416 e. The number of anilines is 4. The van der Waals surface area contributed by atoms with Crippen LogP contribution in [-0.4, -0.2) is 51.9 Å². The number of alkyl halides is 3. The fraction of sp³-hybridized carbons (Fsp3) is 0.172. The van der Waals surface area contributed by atoms with Gasteiger partial charge in [-0.05, 0) is 60.5 Å². The van der Waals surface area contributed by atoms with Crippen LogP contribution in [-0.2, 0) is 6.18 Å². The fourth-order valence-electron chi connectivity index (χ4n) is 4.75. The third-order valence-corrected chi connectivity index (χ3v) is 6.75. The lowest BCUT2D eigenvalue weighted by molar-refractivity contribution is -0.137. The number of aromatic nitrogens is 4. The van der Waals surface area contributed by atoms with Gasteiger partial charge in [0, 0.05) is 42.0 Å². The third kappa shape index (κ3) is 5.11. The minimum absolute atomic E-state index is 0.338. The standard InChI is InChI=1S/C29H23F3N8O2/c1-16-5-6-19(37-26(41)23-13-18(7-9-33-23)29(30,31)32)14-20(16)21-12-17-15-36-28(38-22-4-3-8-35-27(22)42-2)39-24(17)40-11-10-34-25(21)40/h3-9,12-15H,10-11H2,1-2H3,(H,37,41)(H,36,38,39). The first kappa shape index (κ1) is 26.9. The van der Waals surface area contributed by atoms with E-state index in [1.807, 2.05) is 30.0 Å². The Bertz CT molecular complexity index is 1770. The Hall–Kier alpha value is -5.33. The number of aliphatic imine (C=N–C) groups is 1. The summed E-state index contributed by atoms with van der Waals surface area (Å²) in [5.74, 6) is 1.44. The number of nitrogens with zero attached hydrogens (tertiary/aromatic N) is 6. The highest BCUT2D eigenvalue weighted by atomic mass is 19.4. The van der Waals surface area contributed by atoms with E-state index in [1.165, 1.54) is 7.11 Å². The van der Waals surface area contributed by atoms with Crippen molar-refractivity contribution in [1.82, 2.24) is 19.9 Å². The summed E-state index contributed by atoms with van der Waals surface area (Å²) in [7, 11) is 1.53. The molecule has 13 heteroatoms. The molecule has 0 spiro atoms. The molecule has 2 N–H and O–H groups in total. The molecule has 0 atom stereocenters. The fourth-order valence-corrected chi connectivity index (χ4v) is 4.75. The van der Waals surface area contributed by atoms with E-state index in [4.69, 9.17) is 14.7 Å². The Balaban J connectivity index is 1.31. The zero-order valence-electron chi connectivity index (χ0n) is 22.4.